The van der Waals surface area contributed by atoms with Crippen molar-refractivity contribution in [2.45, 2.75) is 68.1 Å². The maximum atomic E-state index is 13.6. The van der Waals surface area contributed by atoms with E-state index in [1.807, 2.05) is 0 Å². The zero-order chi connectivity index (χ0) is 64.1. The average Bonchev–Trinajstić information content (AvgIpc) is 2.04. The first-order valence-corrected chi connectivity index (χ1v) is 31.1. The minimum Gasteiger partial charge on any atom is -0.420 e. The summed E-state index contributed by atoms with van der Waals surface area (Å²) in [5.74, 6) is 0.917. The molecule has 35 heteroatoms. The lowest BCUT2D eigenvalue weighted by molar-refractivity contribution is -0.136. The number of hydrogen-bond donors (Lipinski definition) is 7. The van der Waals surface area contributed by atoms with Gasteiger partial charge in [0.15, 0.2) is 23.5 Å². The zero-order valence-corrected chi connectivity index (χ0v) is 51.4. The molecule has 89 heavy (non-hydrogen) atoms. The molecule has 1 aromatic carbocycles. The van der Waals surface area contributed by atoms with E-state index < -0.39 is 86.5 Å². The van der Waals surface area contributed by atoms with E-state index >= 15 is 0 Å². The summed E-state index contributed by atoms with van der Waals surface area (Å²) in [6, 6.07) is 0.833. The first-order chi connectivity index (χ1) is 42.9. The highest BCUT2D eigenvalue weighted by molar-refractivity contribution is 7.53. The van der Waals surface area contributed by atoms with Gasteiger partial charge in [0.1, 0.15) is 29.9 Å². The van der Waals surface area contributed by atoms with Crippen molar-refractivity contribution < 1.29 is 119 Å². The Labute approximate surface area is 517 Å². The molecule has 30 nitrogen and oxygen atoms in total. The fourth-order valence-electron chi connectivity index (χ4n) is 9.59. The lowest BCUT2D eigenvalue weighted by atomic mass is 9.68. The highest BCUT2D eigenvalue weighted by Crippen LogP contribution is 2.52. The third-order valence-corrected chi connectivity index (χ3v) is 15.9. The number of aromatic nitrogens is 4. The minimum absolute atomic E-state index is 0.0579. The van der Waals surface area contributed by atoms with Crippen molar-refractivity contribution in [1.29, 1.82) is 0 Å². The van der Waals surface area contributed by atoms with Crippen LogP contribution in [0.2, 0.25) is 5.28 Å². The SMILES string of the molecule is COCC(CO)(OC[C@H]1O[C@@H](n2ncc3c(N4CC5(CCC(OCCOCCOCCOCCOC/C(N)=C/N(N)CCOCCOCCOCCOCCOCCOCCC(=O)Oc6c(F)cc(F)cc6F)CC5)C4)nc(Cl)nc32)[C@H](O)[C@@H]1O)P(=O)(O)O. The van der Waals surface area contributed by atoms with Crippen molar-refractivity contribution in [3.05, 3.63) is 53.0 Å². The lowest BCUT2D eigenvalue weighted by Crippen LogP contribution is -2.58. The summed E-state index contributed by atoms with van der Waals surface area (Å²) in [6.07, 6.45) is 1.05. The fourth-order valence-corrected chi connectivity index (χ4v) is 10.5. The average molecular weight is 1320 g/mol. The van der Waals surface area contributed by atoms with Gasteiger partial charge in [-0.2, -0.15) is 15.1 Å². The maximum absolute atomic E-state index is 13.6. The molecule has 2 aliphatic heterocycles. The molecule has 0 amide bonds. The summed E-state index contributed by atoms with van der Waals surface area (Å²) in [5.41, 5.74) is 6.79. The molecule has 4 heterocycles. The van der Waals surface area contributed by atoms with Gasteiger partial charge in [-0.15, -0.1) is 0 Å². The number of carbonyl (C=O) groups excluding carboxylic acids is 1. The predicted octanol–water partition coefficient (Wildman–Crippen LogP) is 0.949. The van der Waals surface area contributed by atoms with E-state index in [0.717, 1.165) is 38.8 Å². The van der Waals surface area contributed by atoms with E-state index in [9.17, 15) is 47.6 Å². The molecule has 0 bridgehead atoms. The number of carbonyl (C=O) groups is 1. The number of ether oxygens (including phenoxy) is 15. The topological polar surface area (TPSA) is 376 Å². The molecular weight excluding hydrogens is 1240 g/mol. The van der Waals surface area contributed by atoms with Crippen LogP contribution in [0, 0.1) is 22.9 Å². The highest BCUT2D eigenvalue weighted by Gasteiger charge is 2.52. The van der Waals surface area contributed by atoms with E-state index in [1.54, 1.807) is 6.20 Å². The van der Waals surface area contributed by atoms with E-state index in [0.29, 0.717) is 148 Å². The van der Waals surface area contributed by atoms with E-state index in [-0.39, 0.29) is 55.3 Å². The number of hydrogen-bond acceptors (Lipinski definition) is 27. The fraction of sp³-hybridized carbons (Fsp3) is 0.741. The van der Waals surface area contributed by atoms with Gasteiger partial charge in [-0.1, -0.05) is 0 Å². The summed E-state index contributed by atoms with van der Waals surface area (Å²) in [6.45, 7) is 6.58. The minimum atomic E-state index is -5.06. The standard InChI is InChI=1S/C54H85ClF3N8O22P/c1-74-37-54(36-67,89(71,72)73)86-33-44-46(69)47(70)51(87-44)66-50-41(30-61-66)49(62-52(55)63-50)64-34-53(35-64)5-2-40(3-6-53)85-27-26-83-23-22-81-20-21-82-24-25-84-32-39(59)31-65(60)7-9-76-11-13-78-15-17-80-19-18-79-16-14-77-12-10-75-8-4-45(68)88-48-42(57)28-38(56)29-43(48)58/h28-31,40,44,46-47,51,67,69-70H,2-27,32-37,59-60H2,1H3,(H2,71,72,73)/b39-31-/t44-,46-,47-,51-,54?/m1/s1. The van der Waals surface area contributed by atoms with Crippen LogP contribution in [0.5, 0.6) is 5.75 Å². The summed E-state index contributed by atoms with van der Waals surface area (Å²) in [5, 5.41) is 35.5. The number of nitrogens with two attached hydrogens (primary N) is 2. The van der Waals surface area contributed by atoms with Gasteiger partial charge in [0.25, 0.3) is 0 Å². The molecule has 1 unspecified atom stereocenters. The van der Waals surface area contributed by atoms with E-state index in [2.05, 4.69) is 24.7 Å². The van der Waals surface area contributed by atoms with Crippen LogP contribution in [0.4, 0.5) is 19.0 Å². The third kappa shape index (κ3) is 24.1. The molecule has 1 aliphatic carbocycles. The number of nitrogens with zero attached hydrogens (tertiary/aromatic N) is 6. The van der Waals surface area contributed by atoms with Gasteiger partial charge >= 0.3 is 13.6 Å². The van der Waals surface area contributed by atoms with Crippen molar-refractivity contribution in [3.8, 4) is 5.75 Å². The summed E-state index contributed by atoms with van der Waals surface area (Å²) in [4.78, 5) is 42.5. The molecule has 3 aromatic rings. The van der Waals surface area contributed by atoms with Crippen LogP contribution in [-0.2, 0) is 75.7 Å². The van der Waals surface area contributed by atoms with E-state index in [1.165, 1.54) is 23.0 Å². The molecule has 1 saturated carbocycles. The number of anilines is 1. The quantitative estimate of drug-likeness (QED) is 0.00787. The van der Waals surface area contributed by atoms with Crippen molar-refractivity contribution >= 4 is 42.0 Å². The predicted molar refractivity (Wildman–Crippen MR) is 307 cm³/mol. The van der Waals surface area contributed by atoms with Gasteiger partial charge in [0.2, 0.25) is 16.4 Å². The number of rotatable bonds is 47. The third-order valence-electron chi connectivity index (χ3n) is 14.3. The number of methoxy groups -OCH3 is 1. The molecule has 506 valence electrons. The van der Waals surface area contributed by atoms with Gasteiger partial charge < -0.3 is 112 Å². The van der Waals surface area contributed by atoms with Crippen LogP contribution >= 0.6 is 19.2 Å². The number of aliphatic hydroxyl groups excluding tert-OH is 3. The lowest BCUT2D eigenvalue weighted by Gasteiger charge is -2.54. The largest absolute Gasteiger partial charge is 0.420 e. The molecule has 5 atom stereocenters. The normalized spacial score (nSPS) is 19.6. The second-order valence-corrected chi connectivity index (χ2v) is 23.2. The monoisotopic (exact) mass is 1320 g/mol. The Morgan fingerprint density at radius 1 is 0.798 bits per heavy atom. The number of benzene rings is 1. The van der Waals surface area contributed by atoms with Crippen molar-refractivity contribution in [3.63, 3.8) is 0 Å². The Bertz CT molecular complexity index is 2610. The van der Waals surface area contributed by atoms with Gasteiger partial charge in [-0.3, -0.25) is 9.36 Å². The van der Waals surface area contributed by atoms with Crippen LogP contribution in [0.25, 0.3) is 11.0 Å². The van der Waals surface area contributed by atoms with Crippen molar-refractivity contribution in [2.24, 2.45) is 17.0 Å². The van der Waals surface area contributed by atoms with Gasteiger partial charge in [0.05, 0.1) is 195 Å². The Morgan fingerprint density at radius 3 is 1.84 bits per heavy atom. The number of fused-ring (bicyclic) bond motifs is 1. The maximum Gasteiger partial charge on any atom is 0.361 e. The van der Waals surface area contributed by atoms with Crippen molar-refractivity contribution in [2.75, 3.05) is 190 Å². The Kier molecular flexibility index (Phi) is 32.2. The summed E-state index contributed by atoms with van der Waals surface area (Å²) >= 11 is 6.42. The van der Waals surface area contributed by atoms with Crippen LogP contribution in [0.3, 0.4) is 0 Å². The molecule has 0 radical (unpaired) electrons. The number of esters is 1. The molecule has 3 fully saturated rings. The van der Waals surface area contributed by atoms with Crippen LogP contribution in [0.1, 0.15) is 38.3 Å². The Hall–Kier alpha value is -4.11. The molecular formula is C54H85ClF3N8O22P. The molecule has 1 spiro atoms. The first kappa shape index (κ1) is 73.9. The molecule has 2 aromatic heterocycles. The first-order valence-electron chi connectivity index (χ1n) is 29.1. The summed E-state index contributed by atoms with van der Waals surface area (Å²) in [7, 11) is -3.88. The van der Waals surface area contributed by atoms with Crippen LogP contribution in [0.15, 0.2) is 30.2 Å². The smallest absolute Gasteiger partial charge is 0.361 e. The zero-order valence-electron chi connectivity index (χ0n) is 49.8. The van der Waals surface area contributed by atoms with Gasteiger partial charge in [0, 0.05) is 43.9 Å². The summed E-state index contributed by atoms with van der Waals surface area (Å²) < 4.78 is 136. The van der Waals surface area contributed by atoms with Crippen molar-refractivity contribution in [1.82, 2.24) is 24.8 Å². The number of aliphatic hydroxyl groups is 3. The number of hydrazine groups is 1. The molecule has 9 N–H and O–H groups in total. The van der Waals surface area contributed by atoms with Crippen LogP contribution in [-0.4, -0.2) is 271 Å². The molecule has 3 aliphatic rings. The Balaban J connectivity index is 0.672. The second-order valence-electron chi connectivity index (χ2n) is 20.9. The van der Waals surface area contributed by atoms with Crippen LogP contribution < -0.4 is 21.2 Å². The van der Waals surface area contributed by atoms with Gasteiger partial charge in [-0.25, -0.2) is 23.7 Å². The Morgan fingerprint density at radius 2 is 1.31 bits per heavy atom. The molecule has 2 saturated heterocycles. The highest BCUT2D eigenvalue weighted by atomic mass is 35.5. The number of halogens is 4. The van der Waals surface area contributed by atoms with Gasteiger partial charge in [-0.05, 0) is 37.3 Å². The van der Waals surface area contributed by atoms with E-state index in [4.69, 9.17) is 89.5 Å². The molecule has 6 rings (SSSR count). The second kappa shape index (κ2) is 38.8.